The molecule has 170 valence electrons. The van der Waals surface area contributed by atoms with E-state index in [4.69, 9.17) is 17.0 Å². The van der Waals surface area contributed by atoms with Crippen molar-refractivity contribution in [3.8, 4) is 0 Å². The molecule has 33 heavy (non-hydrogen) atoms. The Labute approximate surface area is 208 Å². The molecule has 3 aromatic rings. The maximum atomic E-state index is 6.15. The summed E-state index contributed by atoms with van der Waals surface area (Å²) in [5.41, 5.74) is 6.63. The van der Waals surface area contributed by atoms with Crippen LogP contribution in [0, 0.1) is 5.41 Å². The minimum atomic E-state index is 0.164. The number of hydrogen-bond donors (Lipinski definition) is 1. The molecule has 1 N–H and O–H groups in total. The summed E-state index contributed by atoms with van der Waals surface area (Å²) in [7, 11) is 0. The van der Waals surface area contributed by atoms with Crippen LogP contribution >= 0.6 is 28.1 Å². The normalized spacial score (nSPS) is 23.7. The van der Waals surface area contributed by atoms with E-state index in [0.29, 0.717) is 17.8 Å². The Bertz CT molecular complexity index is 1260. The summed E-state index contributed by atoms with van der Waals surface area (Å²) in [4.78, 5) is 2.73. The van der Waals surface area contributed by atoms with Gasteiger partial charge in [-0.2, -0.15) is 0 Å². The van der Waals surface area contributed by atoms with E-state index < -0.39 is 0 Å². The molecule has 0 amide bonds. The van der Waals surface area contributed by atoms with Crippen molar-refractivity contribution in [1.82, 2.24) is 9.47 Å². The van der Waals surface area contributed by atoms with Gasteiger partial charge in [0, 0.05) is 33.2 Å². The largest absolute Gasteiger partial charge is 0.464 e. The van der Waals surface area contributed by atoms with Gasteiger partial charge in [-0.3, -0.25) is 4.90 Å². The lowest BCUT2D eigenvalue weighted by atomic mass is 9.66. The van der Waals surface area contributed by atoms with Gasteiger partial charge in [0.1, 0.15) is 6.61 Å². The average molecular weight is 523 g/mol. The highest BCUT2D eigenvalue weighted by molar-refractivity contribution is 9.10. The number of halogens is 1. The summed E-state index contributed by atoms with van der Waals surface area (Å²) in [6.07, 6.45) is 7.28. The molecule has 0 unspecified atom stereocenters. The van der Waals surface area contributed by atoms with Gasteiger partial charge in [-0.25, -0.2) is 0 Å². The first-order valence-corrected chi connectivity index (χ1v) is 13.1. The molecule has 2 atom stereocenters. The van der Waals surface area contributed by atoms with Crippen LogP contribution in [0.1, 0.15) is 43.5 Å². The van der Waals surface area contributed by atoms with Gasteiger partial charge in [0.2, 0.25) is 0 Å². The molecule has 0 spiro atoms. The zero-order chi connectivity index (χ0) is 22.6. The van der Waals surface area contributed by atoms with E-state index in [1.54, 1.807) is 0 Å². The number of fused-ring (bicyclic) bond motifs is 3. The third kappa shape index (κ3) is 3.46. The fourth-order valence-corrected chi connectivity index (χ4v) is 6.76. The lowest BCUT2D eigenvalue weighted by Crippen LogP contribution is -2.50. The Kier molecular flexibility index (Phi) is 5.35. The maximum absolute atomic E-state index is 6.15. The van der Waals surface area contributed by atoms with Crippen LogP contribution in [0.5, 0.6) is 0 Å². The first kappa shape index (κ1) is 21.4. The number of anilines is 1. The van der Waals surface area contributed by atoms with Crippen molar-refractivity contribution in [3.05, 3.63) is 70.3 Å². The quantitative estimate of drug-likeness (QED) is 0.384. The van der Waals surface area contributed by atoms with Crippen molar-refractivity contribution in [1.29, 1.82) is 0 Å². The number of aromatic nitrogens is 1. The number of rotatable bonds is 4. The molecule has 4 heterocycles. The summed E-state index contributed by atoms with van der Waals surface area (Å²) in [5, 5.41) is 5.02. The number of nitrogens with one attached hydrogen (secondary N) is 1. The first-order valence-electron chi connectivity index (χ1n) is 11.9. The van der Waals surface area contributed by atoms with E-state index in [9.17, 15) is 0 Å². The molecular formula is C27H28BrN3OS. The van der Waals surface area contributed by atoms with E-state index >= 15 is 0 Å². The van der Waals surface area contributed by atoms with E-state index in [1.807, 2.05) is 24.3 Å². The van der Waals surface area contributed by atoms with Gasteiger partial charge in [0.25, 0.3) is 5.17 Å². The summed E-state index contributed by atoms with van der Waals surface area (Å²) in [6, 6.07) is 17.3. The highest BCUT2D eigenvalue weighted by atomic mass is 79.9. The fraction of sp³-hybridized carbons (Fsp3) is 0.370. The molecular weight excluding hydrogens is 494 g/mol. The minimum Gasteiger partial charge on any atom is -0.464 e. The summed E-state index contributed by atoms with van der Waals surface area (Å²) in [5.74, 6) is 0. The minimum absolute atomic E-state index is 0.164. The maximum Gasteiger partial charge on any atom is 0.261 e. The smallest absolute Gasteiger partial charge is 0.261 e. The number of nitrogens with zero attached hydrogens (tertiary/aromatic N) is 2. The molecule has 1 aromatic heterocycles. The molecule has 3 aliphatic rings. The topological polar surface area (TPSA) is 29.4 Å². The number of piperidine rings is 1. The number of benzene rings is 2. The van der Waals surface area contributed by atoms with Crippen molar-refractivity contribution < 1.29 is 4.74 Å². The van der Waals surface area contributed by atoms with Crippen LogP contribution in [0.2, 0.25) is 0 Å². The van der Waals surface area contributed by atoms with Crippen LogP contribution in [0.3, 0.4) is 0 Å². The van der Waals surface area contributed by atoms with E-state index in [1.165, 1.54) is 47.2 Å². The second-order valence-electron chi connectivity index (χ2n) is 9.44. The highest BCUT2D eigenvalue weighted by Gasteiger charge is 2.50. The van der Waals surface area contributed by atoms with Crippen LogP contribution in [0.15, 0.2) is 59.1 Å². The summed E-state index contributed by atoms with van der Waals surface area (Å²) in [6.45, 7) is 5.18. The number of hydrogen-bond acceptors (Lipinski definition) is 3. The molecule has 3 aliphatic heterocycles. The molecule has 4 nitrogen and oxygen atoms in total. The second kappa shape index (κ2) is 8.26. The standard InChI is InChI=1S/C27H28BrN3OS/c1-2-27-13-5-14-30-15-12-22-21-6-3-4-7-23(21)31(24(22)25(27)30)20(16-27)17-32-26(33)29-19-10-8-18(28)9-11-19/h3-4,6-11,16,25H,2,5,12-15,17H2,1H3,(H,29,33)/t25-,27+/m1/s1. The second-order valence-corrected chi connectivity index (χ2v) is 10.7. The molecule has 0 radical (unpaired) electrons. The molecule has 1 saturated heterocycles. The van der Waals surface area contributed by atoms with Gasteiger partial charge >= 0.3 is 0 Å². The van der Waals surface area contributed by atoms with Gasteiger partial charge in [0.15, 0.2) is 0 Å². The Hall–Kier alpha value is -2.15. The third-order valence-corrected chi connectivity index (χ3v) is 8.52. The summed E-state index contributed by atoms with van der Waals surface area (Å²) < 4.78 is 9.68. The lowest BCUT2D eigenvalue weighted by Gasteiger charge is -2.53. The van der Waals surface area contributed by atoms with Crippen molar-refractivity contribution >= 4 is 55.6 Å². The van der Waals surface area contributed by atoms with E-state index in [2.05, 4.69) is 68.0 Å². The van der Waals surface area contributed by atoms with Gasteiger partial charge in [-0.1, -0.05) is 47.1 Å². The van der Waals surface area contributed by atoms with Crippen molar-refractivity contribution in [2.24, 2.45) is 5.41 Å². The van der Waals surface area contributed by atoms with Crippen LogP contribution in [-0.2, 0) is 11.2 Å². The highest BCUT2D eigenvalue weighted by Crippen LogP contribution is 2.56. The molecule has 0 saturated carbocycles. The number of ether oxygens (including phenoxy) is 1. The lowest BCUT2D eigenvalue weighted by molar-refractivity contribution is 0.0264. The van der Waals surface area contributed by atoms with Gasteiger partial charge in [-0.05, 0) is 80.3 Å². The van der Waals surface area contributed by atoms with Crippen LogP contribution in [0.4, 0.5) is 5.69 Å². The Morgan fingerprint density at radius 2 is 2.00 bits per heavy atom. The van der Waals surface area contributed by atoms with Crippen molar-refractivity contribution in [2.75, 3.05) is 25.0 Å². The van der Waals surface area contributed by atoms with E-state index in [-0.39, 0.29) is 5.41 Å². The van der Waals surface area contributed by atoms with Crippen molar-refractivity contribution in [2.45, 2.75) is 38.6 Å². The molecule has 2 aromatic carbocycles. The zero-order valence-corrected chi connectivity index (χ0v) is 21.2. The van der Waals surface area contributed by atoms with Gasteiger partial charge in [-0.15, -0.1) is 0 Å². The van der Waals surface area contributed by atoms with Crippen molar-refractivity contribution in [3.63, 3.8) is 0 Å². The van der Waals surface area contributed by atoms with Gasteiger partial charge < -0.3 is 14.6 Å². The predicted octanol–water partition coefficient (Wildman–Crippen LogP) is 6.76. The van der Waals surface area contributed by atoms with Crippen LogP contribution in [0.25, 0.3) is 16.6 Å². The Morgan fingerprint density at radius 1 is 1.18 bits per heavy atom. The number of para-hydroxylation sites is 1. The predicted molar refractivity (Wildman–Crippen MR) is 143 cm³/mol. The summed E-state index contributed by atoms with van der Waals surface area (Å²) >= 11 is 9.02. The Balaban J connectivity index is 1.38. The average Bonchev–Trinajstić information content (AvgIpc) is 3.18. The van der Waals surface area contributed by atoms with E-state index in [0.717, 1.165) is 29.5 Å². The van der Waals surface area contributed by atoms with Gasteiger partial charge in [0.05, 0.1) is 17.3 Å². The van der Waals surface area contributed by atoms with Crippen LogP contribution < -0.4 is 5.32 Å². The first-order chi connectivity index (χ1) is 16.1. The SMILES string of the molecule is CC[C@@]12C=C(COC(=S)Nc3ccc(Br)cc3)n3c4c(c5ccccc53)CCN(CCC1)[C@H]42. The molecule has 1 fully saturated rings. The third-order valence-electron chi connectivity index (χ3n) is 7.77. The monoisotopic (exact) mass is 521 g/mol. The molecule has 6 rings (SSSR count). The molecule has 0 bridgehead atoms. The molecule has 0 aliphatic carbocycles. The zero-order valence-electron chi connectivity index (χ0n) is 18.8. The number of thiocarbonyl (C=S) groups is 1. The molecule has 6 heteroatoms. The Morgan fingerprint density at radius 3 is 2.82 bits per heavy atom. The fourth-order valence-electron chi connectivity index (χ4n) is 6.32. The van der Waals surface area contributed by atoms with Crippen LogP contribution in [-0.4, -0.2) is 34.3 Å².